The standard InChI is InChI=1S/C15H11F2IO2/c1-20-15-5-3-10(18)8-11(15)14(19)7-9-2-4-12(16)13(17)6-9/h2-6,8H,7H2,1H3. The molecule has 0 atom stereocenters. The quantitative estimate of drug-likeness (QED) is 0.585. The number of rotatable bonds is 4. The summed E-state index contributed by atoms with van der Waals surface area (Å²) in [5.41, 5.74) is 0.860. The van der Waals surface area contributed by atoms with E-state index in [1.165, 1.54) is 13.2 Å². The first-order chi connectivity index (χ1) is 9.51. The van der Waals surface area contributed by atoms with Crippen LogP contribution in [0.15, 0.2) is 36.4 Å². The Bertz CT molecular complexity index is 656. The lowest BCUT2D eigenvalue weighted by Gasteiger charge is -2.08. The van der Waals surface area contributed by atoms with Crippen molar-refractivity contribution in [2.75, 3.05) is 7.11 Å². The third-order valence-corrected chi connectivity index (χ3v) is 3.48. The largest absolute Gasteiger partial charge is 0.496 e. The zero-order chi connectivity index (χ0) is 14.7. The molecule has 2 nitrogen and oxygen atoms in total. The molecule has 0 saturated heterocycles. The van der Waals surface area contributed by atoms with Crippen LogP contribution in [0.1, 0.15) is 15.9 Å². The number of ether oxygens (including phenoxy) is 1. The summed E-state index contributed by atoms with van der Waals surface area (Å²) in [6.07, 6.45) is -0.00630. The topological polar surface area (TPSA) is 26.3 Å². The highest BCUT2D eigenvalue weighted by Gasteiger charge is 2.14. The minimum atomic E-state index is -0.954. The van der Waals surface area contributed by atoms with Crippen LogP contribution in [0.4, 0.5) is 8.78 Å². The van der Waals surface area contributed by atoms with Crippen molar-refractivity contribution in [2.24, 2.45) is 0 Å². The van der Waals surface area contributed by atoms with E-state index in [2.05, 4.69) is 22.6 Å². The summed E-state index contributed by atoms with van der Waals surface area (Å²) in [6.45, 7) is 0. The zero-order valence-corrected chi connectivity index (χ0v) is 12.8. The average Bonchev–Trinajstić information content (AvgIpc) is 2.43. The molecule has 2 aromatic rings. The van der Waals surface area contributed by atoms with Crippen LogP contribution in [0.5, 0.6) is 5.75 Å². The van der Waals surface area contributed by atoms with Crippen molar-refractivity contribution in [2.45, 2.75) is 6.42 Å². The molecule has 0 amide bonds. The first kappa shape index (κ1) is 14.9. The monoisotopic (exact) mass is 388 g/mol. The van der Waals surface area contributed by atoms with Gasteiger partial charge in [0, 0.05) is 9.99 Å². The van der Waals surface area contributed by atoms with Gasteiger partial charge in [0.1, 0.15) is 5.75 Å². The maximum Gasteiger partial charge on any atom is 0.170 e. The first-order valence-electron chi connectivity index (χ1n) is 5.82. The summed E-state index contributed by atoms with van der Waals surface area (Å²) in [5.74, 6) is -1.61. The highest BCUT2D eigenvalue weighted by atomic mass is 127. The van der Waals surface area contributed by atoms with Crippen LogP contribution in [0.25, 0.3) is 0 Å². The average molecular weight is 388 g/mol. The van der Waals surface area contributed by atoms with Crippen LogP contribution >= 0.6 is 22.6 Å². The molecule has 0 fully saturated rings. The molecule has 0 aliphatic carbocycles. The highest BCUT2D eigenvalue weighted by Crippen LogP contribution is 2.23. The third-order valence-electron chi connectivity index (χ3n) is 2.81. The molecule has 0 radical (unpaired) electrons. The SMILES string of the molecule is COc1ccc(I)cc1C(=O)Cc1ccc(F)c(F)c1. The van der Waals surface area contributed by atoms with E-state index in [0.717, 1.165) is 15.7 Å². The molecule has 5 heteroatoms. The molecule has 0 saturated carbocycles. The number of ketones is 1. The molecule has 2 aromatic carbocycles. The van der Waals surface area contributed by atoms with Gasteiger partial charge in [0.25, 0.3) is 0 Å². The van der Waals surface area contributed by atoms with Crippen molar-refractivity contribution in [3.8, 4) is 5.75 Å². The van der Waals surface area contributed by atoms with E-state index < -0.39 is 11.6 Å². The van der Waals surface area contributed by atoms with E-state index in [0.29, 0.717) is 16.9 Å². The fourth-order valence-corrected chi connectivity index (χ4v) is 2.32. The molecular formula is C15H11F2IO2. The van der Waals surface area contributed by atoms with E-state index in [1.807, 2.05) is 6.07 Å². The lowest BCUT2D eigenvalue weighted by atomic mass is 10.0. The van der Waals surface area contributed by atoms with Crippen molar-refractivity contribution in [3.63, 3.8) is 0 Å². The lowest BCUT2D eigenvalue weighted by Crippen LogP contribution is -2.06. The summed E-state index contributed by atoms with van der Waals surface area (Å²) >= 11 is 2.10. The maximum atomic E-state index is 13.1. The van der Waals surface area contributed by atoms with Gasteiger partial charge < -0.3 is 4.74 Å². The first-order valence-corrected chi connectivity index (χ1v) is 6.90. The highest BCUT2D eigenvalue weighted by molar-refractivity contribution is 14.1. The number of benzene rings is 2. The smallest absolute Gasteiger partial charge is 0.170 e. The molecule has 0 unspecified atom stereocenters. The Hall–Kier alpha value is -1.50. The Kier molecular flexibility index (Phi) is 4.69. The molecule has 0 spiro atoms. The summed E-state index contributed by atoms with van der Waals surface area (Å²) in [6, 6.07) is 8.70. The van der Waals surface area contributed by atoms with Crippen LogP contribution in [0.2, 0.25) is 0 Å². The zero-order valence-electron chi connectivity index (χ0n) is 10.6. The van der Waals surface area contributed by atoms with Gasteiger partial charge in [-0.25, -0.2) is 8.78 Å². The number of hydrogen-bond donors (Lipinski definition) is 0. The fourth-order valence-electron chi connectivity index (χ4n) is 1.83. The van der Waals surface area contributed by atoms with Crippen molar-refractivity contribution >= 4 is 28.4 Å². The Morgan fingerprint density at radius 1 is 1.15 bits per heavy atom. The van der Waals surface area contributed by atoms with E-state index >= 15 is 0 Å². The van der Waals surface area contributed by atoms with Gasteiger partial charge in [0.2, 0.25) is 0 Å². The molecule has 20 heavy (non-hydrogen) atoms. The van der Waals surface area contributed by atoms with Gasteiger partial charge in [-0.1, -0.05) is 6.07 Å². The second-order valence-electron chi connectivity index (χ2n) is 4.19. The van der Waals surface area contributed by atoms with E-state index in [4.69, 9.17) is 4.74 Å². The molecular weight excluding hydrogens is 377 g/mol. The second kappa shape index (κ2) is 6.30. The van der Waals surface area contributed by atoms with E-state index in [-0.39, 0.29) is 12.2 Å². The van der Waals surface area contributed by atoms with Crippen molar-refractivity contribution in [3.05, 3.63) is 62.7 Å². The number of carbonyl (C=O) groups excluding carboxylic acids is 1. The van der Waals surface area contributed by atoms with Gasteiger partial charge in [-0.2, -0.15) is 0 Å². The fraction of sp³-hybridized carbons (Fsp3) is 0.133. The van der Waals surface area contributed by atoms with Gasteiger partial charge >= 0.3 is 0 Å². The molecule has 0 aliphatic rings. The molecule has 0 aliphatic heterocycles. The number of hydrogen-bond acceptors (Lipinski definition) is 2. The summed E-state index contributed by atoms with van der Waals surface area (Å²) in [5, 5.41) is 0. The van der Waals surface area contributed by atoms with Gasteiger partial charge in [-0.3, -0.25) is 4.79 Å². The normalized spacial score (nSPS) is 10.4. The second-order valence-corrected chi connectivity index (χ2v) is 5.44. The predicted octanol–water partition coefficient (Wildman–Crippen LogP) is 4.00. The van der Waals surface area contributed by atoms with Crippen LogP contribution in [0.3, 0.4) is 0 Å². The van der Waals surface area contributed by atoms with Crippen LogP contribution in [0, 0.1) is 15.2 Å². The number of halogens is 3. The van der Waals surface area contributed by atoms with Gasteiger partial charge in [-0.15, -0.1) is 0 Å². The minimum Gasteiger partial charge on any atom is -0.496 e. The van der Waals surface area contributed by atoms with E-state index in [1.54, 1.807) is 12.1 Å². The Morgan fingerprint density at radius 2 is 1.90 bits per heavy atom. The Balaban J connectivity index is 2.27. The minimum absolute atomic E-state index is 0.00630. The maximum absolute atomic E-state index is 13.1. The van der Waals surface area contributed by atoms with Crippen LogP contribution < -0.4 is 4.74 Å². The molecule has 0 heterocycles. The summed E-state index contributed by atoms with van der Waals surface area (Å²) in [7, 11) is 1.48. The Labute approximate surface area is 128 Å². The molecule has 0 aromatic heterocycles. The van der Waals surface area contributed by atoms with Crippen LogP contribution in [-0.2, 0) is 6.42 Å². The molecule has 2 rings (SSSR count). The lowest BCUT2D eigenvalue weighted by molar-refractivity contribution is 0.0990. The number of Topliss-reactive ketones (excluding diaryl/α,β-unsaturated/α-hetero) is 1. The molecule has 104 valence electrons. The van der Waals surface area contributed by atoms with Gasteiger partial charge in [0.05, 0.1) is 12.7 Å². The predicted molar refractivity (Wildman–Crippen MR) is 80.1 cm³/mol. The van der Waals surface area contributed by atoms with Crippen molar-refractivity contribution in [1.82, 2.24) is 0 Å². The van der Waals surface area contributed by atoms with Crippen molar-refractivity contribution in [1.29, 1.82) is 0 Å². The number of carbonyl (C=O) groups is 1. The Morgan fingerprint density at radius 3 is 2.55 bits per heavy atom. The third kappa shape index (κ3) is 3.33. The molecule has 0 N–H and O–H groups in total. The number of methoxy groups -OCH3 is 1. The van der Waals surface area contributed by atoms with Crippen LogP contribution in [-0.4, -0.2) is 12.9 Å². The summed E-state index contributed by atoms with van der Waals surface area (Å²) in [4.78, 5) is 12.2. The van der Waals surface area contributed by atoms with Gasteiger partial charge in [-0.05, 0) is 58.5 Å². The van der Waals surface area contributed by atoms with Gasteiger partial charge in [0.15, 0.2) is 17.4 Å². The van der Waals surface area contributed by atoms with Crippen molar-refractivity contribution < 1.29 is 18.3 Å². The molecule has 0 bridgehead atoms. The van der Waals surface area contributed by atoms with E-state index in [9.17, 15) is 13.6 Å². The summed E-state index contributed by atoms with van der Waals surface area (Å²) < 4.78 is 32.0.